The van der Waals surface area contributed by atoms with Gasteiger partial charge in [0.1, 0.15) is 6.07 Å². The summed E-state index contributed by atoms with van der Waals surface area (Å²) in [5, 5.41) is 17.9. The SMILES string of the molecule is CC(C(=O)O)C1CN(c2ccccc2C#N)C1. The second-order valence-corrected chi connectivity index (χ2v) is 4.42. The highest BCUT2D eigenvalue weighted by molar-refractivity contribution is 5.71. The highest BCUT2D eigenvalue weighted by atomic mass is 16.4. The Kier molecular flexibility index (Phi) is 3.01. The number of aliphatic carboxylic acids is 1. The fraction of sp³-hybridized carbons (Fsp3) is 0.385. The van der Waals surface area contributed by atoms with Gasteiger partial charge in [0, 0.05) is 19.0 Å². The zero-order valence-corrected chi connectivity index (χ0v) is 9.63. The second kappa shape index (κ2) is 4.46. The van der Waals surface area contributed by atoms with E-state index in [4.69, 9.17) is 10.4 Å². The summed E-state index contributed by atoms with van der Waals surface area (Å²) in [5.74, 6) is -0.886. The third-order valence-electron chi connectivity index (χ3n) is 3.37. The molecule has 1 heterocycles. The summed E-state index contributed by atoms with van der Waals surface area (Å²) in [4.78, 5) is 12.9. The Bertz CT molecular complexity index is 473. The van der Waals surface area contributed by atoms with Gasteiger partial charge in [-0.25, -0.2) is 0 Å². The Morgan fingerprint density at radius 3 is 2.76 bits per heavy atom. The molecule has 1 aliphatic rings. The summed E-state index contributed by atoms with van der Waals surface area (Å²) < 4.78 is 0. The number of benzene rings is 1. The van der Waals surface area contributed by atoms with Crippen LogP contribution in [0.5, 0.6) is 0 Å². The molecule has 1 saturated heterocycles. The molecule has 4 heteroatoms. The number of para-hydroxylation sites is 1. The quantitative estimate of drug-likeness (QED) is 0.858. The number of hydrogen-bond donors (Lipinski definition) is 1. The molecule has 1 atom stereocenters. The van der Waals surface area contributed by atoms with E-state index in [2.05, 4.69) is 11.0 Å². The molecule has 0 radical (unpaired) electrons. The highest BCUT2D eigenvalue weighted by Gasteiger charge is 2.35. The molecule has 1 fully saturated rings. The largest absolute Gasteiger partial charge is 0.481 e. The van der Waals surface area contributed by atoms with E-state index in [1.54, 1.807) is 13.0 Å². The van der Waals surface area contributed by atoms with Gasteiger partial charge in [-0.2, -0.15) is 5.26 Å². The first-order chi connectivity index (χ1) is 8.13. The lowest BCUT2D eigenvalue weighted by Gasteiger charge is -2.43. The number of carbonyl (C=O) groups is 1. The normalized spacial score (nSPS) is 17.1. The van der Waals surface area contributed by atoms with E-state index in [0.717, 1.165) is 5.69 Å². The molecule has 0 aliphatic carbocycles. The van der Waals surface area contributed by atoms with Crippen molar-refractivity contribution in [1.82, 2.24) is 0 Å². The Morgan fingerprint density at radius 1 is 1.53 bits per heavy atom. The van der Waals surface area contributed by atoms with Crippen molar-refractivity contribution in [3.05, 3.63) is 29.8 Å². The molecule has 1 N–H and O–H groups in total. The van der Waals surface area contributed by atoms with Crippen LogP contribution in [0.4, 0.5) is 5.69 Å². The van der Waals surface area contributed by atoms with E-state index < -0.39 is 5.97 Å². The van der Waals surface area contributed by atoms with Crippen LogP contribution in [0.1, 0.15) is 12.5 Å². The molecule has 0 aromatic heterocycles. The molecule has 1 aromatic carbocycles. The molecule has 0 bridgehead atoms. The minimum absolute atomic E-state index is 0.180. The van der Waals surface area contributed by atoms with E-state index in [-0.39, 0.29) is 11.8 Å². The number of hydrogen-bond acceptors (Lipinski definition) is 3. The molecule has 17 heavy (non-hydrogen) atoms. The molecule has 0 saturated carbocycles. The Hall–Kier alpha value is -2.02. The molecule has 0 spiro atoms. The van der Waals surface area contributed by atoms with Gasteiger partial charge < -0.3 is 10.0 Å². The molecule has 1 unspecified atom stereocenters. The van der Waals surface area contributed by atoms with Gasteiger partial charge in [-0.1, -0.05) is 19.1 Å². The minimum Gasteiger partial charge on any atom is -0.481 e. The fourth-order valence-electron chi connectivity index (χ4n) is 2.07. The van der Waals surface area contributed by atoms with Crippen molar-refractivity contribution in [3.63, 3.8) is 0 Å². The van der Waals surface area contributed by atoms with Crippen molar-refractivity contribution in [2.24, 2.45) is 11.8 Å². The van der Waals surface area contributed by atoms with E-state index >= 15 is 0 Å². The monoisotopic (exact) mass is 230 g/mol. The van der Waals surface area contributed by atoms with Crippen molar-refractivity contribution in [2.75, 3.05) is 18.0 Å². The first-order valence-electron chi connectivity index (χ1n) is 5.60. The van der Waals surface area contributed by atoms with E-state index in [1.807, 2.05) is 18.2 Å². The number of carboxylic acid groups (broad SMARTS) is 1. The van der Waals surface area contributed by atoms with E-state index in [1.165, 1.54) is 0 Å². The van der Waals surface area contributed by atoms with Crippen LogP contribution in [-0.2, 0) is 4.79 Å². The van der Waals surface area contributed by atoms with Gasteiger partial charge in [0.25, 0.3) is 0 Å². The summed E-state index contributed by atoms with van der Waals surface area (Å²) in [6, 6.07) is 9.56. The zero-order valence-electron chi connectivity index (χ0n) is 9.63. The van der Waals surface area contributed by atoms with Gasteiger partial charge in [-0.05, 0) is 12.1 Å². The van der Waals surface area contributed by atoms with Crippen LogP contribution in [-0.4, -0.2) is 24.2 Å². The van der Waals surface area contributed by atoms with Gasteiger partial charge in [0.15, 0.2) is 0 Å². The van der Waals surface area contributed by atoms with Gasteiger partial charge in [-0.15, -0.1) is 0 Å². The van der Waals surface area contributed by atoms with Gasteiger partial charge in [0.05, 0.1) is 17.2 Å². The number of carboxylic acids is 1. The summed E-state index contributed by atoms with van der Waals surface area (Å²) in [5.41, 5.74) is 1.55. The maximum Gasteiger partial charge on any atom is 0.306 e. The summed E-state index contributed by atoms with van der Waals surface area (Å²) in [6.07, 6.45) is 0. The number of nitriles is 1. The molecule has 88 valence electrons. The molecular weight excluding hydrogens is 216 g/mol. The van der Waals surface area contributed by atoms with Crippen LogP contribution in [0, 0.1) is 23.2 Å². The number of nitrogens with zero attached hydrogens (tertiary/aromatic N) is 2. The average molecular weight is 230 g/mol. The van der Waals surface area contributed by atoms with E-state index in [0.29, 0.717) is 18.7 Å². The Balaban J connectivity index is 2.05. The molecule has 2 rings (SSSR count). The van der Waals surface area contributed by atoms with Crippen LogP contribution < -0.4 is 4.90 Å². The first-order valence-corrected chi connectivity index (χ1v) is 5.60. The smallest absolute Gasteiger partial charge is 0.306 e. The predicted octanol–water partition coefficient (Wildman–Crippen LogP) is 1.72. The standard InChI is InChI=1S/C13H14N2O2/c1-9(13(16)17)11-7-15(8-11)12-5-3-2-4-10(12)6-14/h2-5,9,11H,7-8H2,1H3,(H,16,17). The Labute approximate surface area is 100 Å². The molecular formula is C13H14N2O2. The van der Waals surface area contributed by atoms with Crippen LogP contribution in [0.2, 0.25) is 0 Å². The maximum atomic E-state index is 10.8. The van der Waals surface area contributed by atoms with E-state index in [9.17, 15) is 4.79 Å². The van der Waals surface area contributed by atoms with Crippen LogP contribution in [0.15, 0.2) is 24.3 Å². The predicted molar refractivity (Wildman–Crippen MR) is 63.7 cm³/mol. The summed E-state index contributed by atoms with van der Waals surface area (Å²) in [7, 11) is 0. The third-order valence-corrected chi connectivity index (χ3v) is 3.37. The van der Waals surface area contributed by atoms with Gasteiger partial charge in [0.2, 0.25) is 0 Å². The van der Waals surface area contributed by atoms with Crippen molar-refractivity contribution < 1.29 is 9.90 Å². The van der Waals surface area contributed by atoms with Crippen molar-refractivity contribution >= 4 is 11.7 Å². The van der Waals surface area contributed by atoms with Gasteiger partial charge in [-0.3, -0.25) is 4.79 Å². The zero-order chi connectivity index (χ0) is 12.4. The third kappa shape index (κ3) is 2.09. The first kappa shape index (κ1) is 11.5. The minimum atomic E-state index is -0.747. The second-order valence-electron chi connectivity index (χ2n) is 4.42. The van der Waals surface area contributed by atoms with Crippen LogP contribution in [0.3, 0.4) is 0 Å². The Morgan fingerprint density at radius 2 is 2.18 bits per heavy atom. The maximum absolute atomic E-state index is 10.8. The van der Waals surface area contributed by atoms with Crippen molar-refractivity contribution in [1.29, 1.82) is 5.26 Å². The van der Waals surface area contributed by atoms with Crippen molar-refractivity contribution in [3.8, 4) is 6.07 Å². The van der Waals surface area contributed by atoms with Crippen LogP contribution in [0.25, 0.3) is 0 Å². The number of rotatable bonds is 3. The topological polar surface area (TPSA) is 64.3 Å². The van der Waals surface area contributed by atoms with Gasteiger partial charge >= 0.3 is 5.97 Å². The lowest BCUT2D eigenvalue weighted by Crippen LogP contribution is -2.51. The molecule has 1 aliphatic heterocycles. The fourth-order valence-corrected chi connectivity index (χ4v) is 2.07. The molecule has 1 aromatic rings. The summed E-state index contributed by atoms with van der Waals surface area (Å²) in [6.45, 7) is 3.17. The summed E-state index contributed by atoms with van der Waals surface area (Å²) >= 11 is 0. The lowest BCUT2D eigenvalue weighted by atomic mass is 9.86. The highest BCUT2D eigenvalue weighted by Crippen LogP contribution is 2.31. The molecule has 0 amide bonds. The average Bonchev–Trinajstić information content (AvgIpc) is 2.27. The lowest BCUT2D eigenvalue weighted by molar-refractivity contribution is -0.143. The van der Waals surface area contributed by atoms with Crippen molar-refractivity contribution in [2.45, 2.75) is 6.92 Å². The number of anilines is 1. The van der Waals surface area contributed by atoms with Crippen LogP contribution >= 0.6 is 0 Å². The molecule has 4 nitrogen and oxygen atoms in total.